The molecule has 0 aromatic heterocycles. The van der Waals surface area contributed by atoms with Crippen molar-refractivity contribution in [3.63, 3.8) is 0 Å². The number of rotatable bonds is 2. The van der Waals surface area contributed by atoms with E-state index in [0.29, 0.717) is 25.2 Å². The minimum absolute atomic E-state index is 0.0171. The number of anilines is 1. The number of nitrogens with one attached hydrogen (secondary N) is 1. The maximum atomic E-state index is 12.0. The summed E-state index contributed by atoms with van der Waals surface area (Å²) in [6.45, 7) is 0.932. The first kappa shape index (κ1) is 11.0. The van der Waals surface area contributed by atoms with Crippen molar-refractivity contribution in [3.8, 4) is 6.07 Å². The van der Waals surface area contributed by atoms with Crippen LogP contribution in [0.4, 0.5) is 5.69 Å². The molecule has 2 rings (SSSR count). The molecule has 1 amide bonds. The lowest BCUT2D eigenvalue weighted by Gasteiger charge is -2.29. The van der Waals surface area contributed by atoms with Gasteiger partial charge in [0.15, 0.2) is 0 Å². The summed E-state index contributed by atoms with van der Waals surface area (Å²) < 4.78 is 0.942. The number of fused-ring (bicyclic) bond motifs is 1. The van der Waals surface area contributed by atoms with E-state index in [1.54, 1.807) is 11.0 Å². The van der Waals surface area contributed by atoms with E-state index >= 15 is 0 Å². The number of hydrogen-bond acceptors (Lipinski definition) is 3. The highest BCUT2D eigenvalue weighted by Gasteiger charge is 2.23. The van der Waals surface area contributed by atoms with Crippen molar-refractivity contribution in [2.75, 3.05) is 18.5 Å². The van der Waals surface area contributed by atoms with Crippen molar-refractivity contribution < 1.29 is 4.79 Å². The van der Waals surface area contributed by atoms with E-state index in [9.17, 15) is 4.79 Å². The van der Waals surface area contributed by atoms with Gasteiger partial charge < -0.3 is 10.2 Å². The lowest BCUT2D eigenvalue weighted by molar-refractivity contribution is 0.0761. The van der Waals surface area contributed by atoms with Gasteiger partial charge in [0, 0.05) is 16.7 Å². The maximum Gasteiger partial charge on any atom is 0.257 e. The summed E-state index contributed by atoms with van der Waals surface area (Å²) >= 11 is 3.36. The number of amides is 1. The van der Waals surface area contributed by atoms with E-state index in [4.69, 9.17) is 5.26 Å². The number of carbonyl (C=O) groups excluding carboxylic acids is 1. The van der Waals surface area contributed by atoms with Crippen LogP contribution in [-0.2, 0) is 0 Å². The molecule has 5 heteroatoms. The van der Waals surface area contributed by atoms with Gasteiger partial charge in [0.25, 0.3) is 5.91 Å². The molecule has 0 atom stereocenters. The molecule has 1 aromatic rings. The van der Waals surface area contributed by atoms with Gasteiger partial charge in [-0.2, -0.15) is 5.26 Å². The molecule has 0 saturated heterocycles. The second kappa shape index (κ2) is 4.54. The van der Waals surface area contributed by atoms with Crippen molar-refractivity contribution in [1.29, 1.82) is 5.26 Å². The average molecular weight is 280 g/mol. The highest BCUT2D eigenvalue weighted by atomic mass is 79.9. The second-order valence-corrected chi connectivity index (χ2v) is 4.42. The molecule has 1 heterocycles. The lowest BCUT2D eigenvalue weighted by atomic mass is 10.1. The van der Waals surface area contributed by atoms with Crippen LogP contribution in [0.3, 0.4) is 0 Å². The van der Waals surface area contributed by atoms with Gasteiger partial charge >= 0.3 is 0 Å². The number of nitrogens with zero attached hydrogens (tertiary/aromatic N) is 2. The van der Waals surface area contributed by atoms with E-state index < -0.39 is 0 Å². The van der Waals surface area contributed by atoms with Crippen LogP contribution < -0.4 is 5.32 Å². The molecular formula is C11H10BrN3O. The predicted octanol–water partition coefficient (Wildman–Crippen LogP) is 2.19. The number of hydrogen-bond donors (Lipinski definition) is 1. The fourth-order valence-electron chi connectivity index (χ4n) is 1.64. The van der Waals surface area contributed by atoms with Crippen LogP contribution in [0.25, 0.3) is 0 Å². The predicted molar refractivity (Wildman–Crippen MR) is 63.9 cm³/mol. The van der Waals surface area contributed by atoms with Gasteiger partial charge in [-0.25, -0.2) is 0 Å². The van der Waals surface area contributed by atoms with Gasteiger partial charge in [-0.3, -0.25) is 4.79 Å². The van der Waals surface area contributed by atoms with Gasteiger partial charge in [-0.05, 0) is 18.2 Å². The molecule has 16 heavy (non-hydrogen) atoms. The summed E-state index contributed by atoms with van der Waals surface area (Å²) in [6, 6.07) is 7.55. The first-order valence-corrected chi connectivity index (χ1v) is 5.71. The molecule has 4 nitrogen and oxygen atoms in total. The van der Waals surface area contributed by atoms with Crippen molar-refractivity contribution in [3.05, 3.63) is 28.2 Å². The van der Waals surface area contributed by atoms with Gasteiger partial charge in [0.1, 0.15) is 0 Å². The molecule has 0 fully saturated rings. The van der Waals surface area contributed by atoms with Gasteiger partial charge in [-0.1, -0.05) is 15.9 Å². The Balaban J connectivity index is 2.23. The molecule has 1 aliphatic rings. The molecular weight excluding hydrogens is 270 g/mol. The van der Waals surface area contributed by atoms with E-state index in [2.05, 4.69) is 21.2 Å². The Morgan fingerprint density at radius 3 is 3.12 bits per heavy atom. The Bertz CT molecular complexity index is 467. The third-order valence-electron chi connectivity index (χ3n) is 2.45. The molecule has 0 unspecified atom stereocenters. The normalized spacial score (nSPS) is 14.0. The van der Waals surface area contributed by atoms with Gasteiger partial charge in [0.2, 0.25) is 0 Å². The van der Waals surface area contributed by atoms with Crippen LogP contribution in [0, 0.1) is 11.3 Å². The Labute approximate surface area is 102 Å². The minimum atomic E-state index is -0.0171. The summed E-state index contributed by atoms with van der Waals surface area (Å²) in [7, 11) is 0. The molecule has 0 saturated carbocycles. The quantitative estimate of drug-likeness (QED) is 0.903. The van der Waals surface area contributed by atoms with Gasteiger partial charge in [-0.15, -0.1) is 0 Å². The van der Waals surface area contributed by atoms with Crippen molar-refractivity contribution >= 4 is 27.5 Å². The molecule has 1 N–H and O–H groups in total. The Hall–Kier alpha value is -1.54. The molecule has 82 valence electrons. The summed E-state index contributed by atoms with van der Waals surface area (Å²) in [5.74, 6) is -0.0171. The second-order valence-electron chi connectivity index (χ2n) is 3.50. The zero-order valence-electron chi connectivity index (χ0n) is 8.53. The topological polar surface area (TPSA) is 56.1 Å². The first-order chi connectivity index (χ1) is 7.72. The van der Waals surface area contributed by atoms with Crippen LogP contribution in [-0.4, -0.2) is 24.0 Å². The molecule has 0 radical (unpaired) electrons. The monoisotopic (exact) mass is 279 g/mol. The van der Waals surface area contributed by atoms with Crippen LogP contribution in [0.5, 0.6) is 0 Å². The van der Waals surface area contributed by atoms with Crippen molar-refractivity contribution in [2.24, 2.45) is 0 Å². The van der Waals surface area contributed by atoms with Crippen molar-refractivity contribution in [2.45, 2.75) is 6.42 Å². The summed E-state index contributed by atoms with van der Waals surface area (Å²) in [5, 5.41) is 11.7. The Morgan fingerprint density at radius 1 is 1.56 bits per heavy atom. The fraction of sp³-hybridized carbons (Fsp3) is 0.273. The Kier molecular flexibility index (Phi) is 3.11. The number of carbonyl (C=O) groups is 1. The maximum absolute atomic E-state index is 12.0. The molecule has 1 aliphatic heterocycles. The SMILES string of the molecule is N#CCCN1CNc2cc(Br)ccc2C1=O. The highest BCUT2D eigenvalue weighted by molar-refractivity contribution is 9.10. The summed E-state index contributed by atoms with van der Waals surface area (Å²) in [5.41, 5.74) is 1.50. The third kappa shape index (κ3) is 2.02. The first-order valence-electron chi connectivity index (χ1n) is 4.92. The van der Waals surface area contributed by atoms with E-state index in [1.165, 1.54) is 0 Å². The van der Waals surface area contributed by atoms with E-state index in [0.717, 1.165) is 10.2 Å². The smallest absolute Gasteiger partial charge is 0.257 e. The molecule has 0 spiro atoms. The fourth-order valence-corrected chi connectivity index (χ4v) is 2.00. The van der Waals surface area contributed by atoms with E-state index in [-0.39, 0.29) is 5.91 Å². The molecule has 0 aliphatic carbocycles. The Morgan fingerprint density at radius 2 is 2.38 bits per heavy atom. The zero-order valence-corrected chi connectivity index (χ0v) is 10.1. The molecule has 0 bridgehead atoms. The molecule has 1 aromatic carbocycles. The minimum Gasteiger partial charge on any atom is -0.367 e. The van der Waals surface area contributed by atoms with Gasteiger partial charge in [0.05, 0.1) is 24.7 Å². The number of halogens is 1. The summed E-state index contributed by atoms with van der Waals surface area (Å²) in [4.78, 5) is 13.6. The lowest BCUT2D eigenvalue weighted by Crippen LogP contribution is -2.40. The van der Waals surface area contributed by atoms with Crippen LogP contribution >= 0.6 is 15.9 Å². The van der Waals surface area contributed by atoms with E-state index in [1.807, 2.05) is 18.2 Å². The van der Waals surface area contributed by atoms with Crippen LogP contribution in [0.2, 0.25) is 0 Å². The third-order valence-corrected chi connectivity index (χ3v) is 2.95. The summed E-state index contributed by atoms with van der Waals surface area (Å²) in [6.07, 6.45) is 0.360. The standard InChI is InChI=1S/C11H10BrN3O/c12-8-2-3-9-10(6-8)14-7-15(11(9)16)5-1-4-13/h2-3,6,14H,1,5,7H2. The number of benzene rings is 1. The van der Waals surface area contributed by atoms with Crippen LogP contribution in [0.1, 0.15) is 16.8 Å². The average Bonchev–Trinajstić information content (AvgIpc) is 2.28. The number of nitriles is 1. The highest BCUT2D eigenvalue weighted by Crippen LogP contribution is 2.25. The zero-order chi connectivity index (χ0) is 11.5. The van der Waals surface area contributed by atoms with Crippen LogP contribution in [0.15, 0.2) is 22.7 Å². The van der Waals surface area contributed by atoms with Crippen molar-refractivity contribution in [1.82, 2.24) is 4.90 Å². The largest absolute Gasteiger partial charge is 0.367 e.